The molecule has 1 amide bonds. The normalized spacial score (nSPS) is 17.3. The molecule has 1 atom stereocenters. The molecule has 1 aromatic rings. The Kier molecular flexibility index (Phi) is 4.06. The zero-order valence-electron chi connectivity index (χ0n) is 11.3. The van der Waals surface area contributed by atoms with E-state index in [0.29, 0.717) is 13.0 Å². The molecule has 2 rings (SSSR count). The van der Waals surface area contributed by atoms with Crippen molar-refractivity contribution < 1.29 is 9.53 Å². The lowest BCUT2D eigenvalue weighted by molar-refractivity contribution is -0.134. The van der Waals surface area contributed by atoms with Crippen molar-refractivity contribution in [3.8, 4) is 11.8 Å². The van der Waals surface area contributed by atoms with Crippen LogP contribution in [0, 0.1) is 11.3 Å². The van der Waals surface area contributed by atoms with Gasteiger partial charge in [0, 0.05) is 11.6 Å². The number of para-hydroxylation sites is 1. The molecule has 100 valence electrons. The first-order valence-electron chi connectivity index (χ1n) is 6.54. The second-order valence-electron chi connectivity index (χ2n) is 4.95. The van der Waals surface area contributed by atoms with E-state index in [1.807, 2.05) is 38.1 Å². The van der Waals surface area contributed by atoms with Crippen molar-refractivity contribution in [2.75, 3.05) is 13.2 Å². The molecule has 0 fully saturated rings. The molecule has 1 unspecified atom stereocenters. The van der Waals surface area contributed by atoms with Gasteiger partial charge in [-0.3, -0.25) is 4.79 Å². The van der Waals surface area contributed by atoms with Crippen LogP contribution in [0.25, 0.3) is 0 Å². The van der Waals surface area contributed by atoms with Crippen molar-refractivity contribution in [3.05, 3.63) is 29.8 Å². The number of rotatable bonds is 3. The van der Waals surface area contributed by atoms with E-state index >= 15 is 0 Å². The van der Waals surface area contributed by atoms with Gasteiger partial charge in [0.05, 0.1) is 18.6 Å². The van der Waals surface area contributed by atoms with Crippen molar-refractivity contribution in [2.24, 2.45) is 0 Å². The van der Waals surface area contributed by atoms with Crippen LogP contribution in [-0.4, -0.2) is 30.0 Å². The van der Waals surface area contributed by atoms with Gasteiger partial charge in [0.25, 0.3) is 0 Å². The summed E-state index contributed by atoms with van der Waals surface area (Å²) < 4.78 is 5.57. The Morgan fingerprint density at radius 1 is 1.53 bits per heavy atom. The van der Waals surface area contributed by atoms with Crippen LogP contribution in [0.15, 0.2) is 24.3 Å². The second kappa shape index (κ2) is 5.75. The Morgan fingerprint density at radius 3 is 2.95 bits per heavy atom. The maximum atomic E-state index is 12.6. The van der Waals surface area contributed by atoms with Gasteiger partial charge in [-0.25, -0.2) is 0 Å². The van der Waals surface area contributed by atoms with E-state index in [9.17, 15) is 4.79 Å². The number of carbonyl (C=O) groups is 1. The van der Waals surface area contributed by atoms with Crippen molar-refractivity contribution in [3.63, 3.8) is 0 Å². The van der Waals surface area contributed by atoms with Crippen molar-refractivity contribution in [1.82, 2.24) is 4.90 Å². The van der Waals surface area contributed by atoms with E-state index in [1.165, 1.54) is 0 Å². The van der Waals surface area contributed by atoms with Crippen LogP contribution < -0.4 is 4.74 Å². The van der Waals surface area contributed by atoms with Gasteiger partial charge in [-0.05, 0) is 26.3 Å². The summed E-state index contributed by atoms with van der Waals surface area (Å²) in [6, 6.07) is 9.74. The van der Waals surface area contributed by atoms with Crippen LogP contribution in [0.1, 0.15) is 31.7 Å². The summed E-state index contributed by atoms with van der Waals surface area (Å²) in [5, 5.41) is 8.86. The average molecular weight is 258 g/mol. The van der Waals surface area contributed by atoms with E-state index in [4.69, 9.17) is 10.00 Å². The first-order chi connectivity index (χ1) is 9.15. The largest absolute Gasteiger partial charge is 0.493 e. The molecular weight excluding hydrogens is 240 g/mol. The Morgan fingerprint density at radius 2 is 2.26 bits per heavy atom. The van der Waals surface area contributed by atoms with Crippen LogP contribution in [0.3, 0.4) is 0 Å². The number of nitrogens with zero attached hydrogens (tertiary/aromatic N) is 2. The Bertz CT molecular complexity index is 505. The Hall–Kier alpha value is -2.02. The van der Waals surface area contributed by atoms with Gasteiger partial charge in [-0.1, -0.05) is 18.2 Å². The highest BCUT2D eigenvalue weighted by molar-refractivity contribution is 5.85. The van der Waals surface area contributed by atoms with Gasteiger partial charge in [-0.15, -0.1) is 0 Å². The number of nitriles is 1. The molecule has 1 aliphatic heterocycles. The minimum absolute atomic E-state index is 0.0206. The standard InChI is InChI=1S/C15H18N2O2/c1-11(2)17(9-8-16)15(18)13-7-10-19-14-6-4-3-5-12(13)14/h3-6,11,13H,7,9-10H2,1-2H3. The first kappa shape index (κ1) is 13.4. The molecule has 19 heavy (non-hydrogen) atoms. The Labute approximate surface area is 113 Å². The summed E-state index contributed by atoms with van der Waals surface area (Å²) in [5.74, 6) is 0.612. The van der Waals surface area contributed by atoms with Crippen LogP contribution >= 0.6 is 0 Å². The Balaban J connectivity index is 2.28. The van der Waals surface area contributed by atoms with Gasteiger partial charge >= 0.3 is 0 Å². The molecule has 0 N–H and O–H groups in total. The predicted molar refractivity (Wildman–Crippen MR) is 71.8 cm³/mol. The van der Waals surface area contributed by atoms with Crippen LogP contribution in [-0.2, 0) is 4.79 Å². The van der Waals surface area contributed by atoms with E-state index in [2.05, 4.69) is 6.07 Å². The number of amides is 1. The third-order valence-corrected chi connectivity index (χ3v) is 3.40. The second-order valence-corrected chi connectivity index (χ2v) is 4.95. The highest BCUT2D eigenvalue weighted by Crippen LogP contribution is 2.34. The molecule has 1 aromatic carbocycles. The lowest BCUT2D eigenvalue weighted by atomic mass is 9.91. The maximum Gasteiger partial charge on any atom is 0.231 e. The van der Waals surface area contributed by atoms with Gasteiger partial charge < -0.3 is 9.64 Å². The van der Waals surface area contributed by atoms with Gasteiger partial charge in [-0.2, -0.15) is 5.26 Å². The van der Waals surface area contributed by atoms with E-state index in [1.54, 1.807) is 4.90 Å². The van der Waals surface area contributed by atoms with Gasteiger partial charge in [0.2, 0.25) is 5.91 Å². The van der Waals surface area contributed by atoms with Crippen molar-refractivity contribution >= 4 is 5.91 Å². The van der Waals surface area contributed by atoms with Gasteiger partial charge in [0.1, 0.15) is 12.3 Å². The SMILES string of the molecule is CC(C)N(CC#N)C(=O)C1CCOc2ccccc21. The number of ether oxygens (including phenoxy) is 1. The van der Waals surface area contributed by atoms with Crippen LogP contribution in [0.4, 0.5) is 0 Å². The quantitative estimate of drug-likeness (QED) is 0.782. The lowest BCUT2D eigenvalue weighted by Crippen LogP contribution is -2.41. The van der Waals surface area contributed by atoms with E-state index in [-0.39, 0.29) is 24.4 Å². The van der Waals surface area contributed by atoms with E-state index in [0.717, 1.165) is 11.3 Å². The van der Waals surface area contributed by atoms with Crippen LogP contribution in [0.5, 0.6) is 5.75 Å². The third-order valence-electron chi connectivity index (χ3n) is 3.40. The number of hydrogen-bond acceptors (Lipinski definition) is 3. The summed E-state index contributed by atoms with van der Waals surface area (Å²) in [4.78, 5) is 14.2. The lowest BCUT2D eigenvalue weighted by Gasteiger charge is -2.31. The maximum absolute atomic E-state index is 12.6. The summed E-state index contributed by atoms with van der Waals surface area (Å²) in [7, 11) is 0. The minimum atomic E-state index is -0.194. The zero-order chi connectivity index (χ0) is 13.8. The van der Waals surface area contributed by atoms with Crippen molar-refractivity contribution in [2.45, 2.75) is 32.2 Å². The van der Waals surface area contributed by atoms with Crippen LogP contribution in [0.2, 0.25) is 0 Å². The first-order valence-corrected chi connectivity index (χ1v) is 6.54. The molecule has 1 aliphatic rings. The molecule has 0 saturated carbocycles. The molecule has 4 heteroatoms. The topological polar surface area (TPSA) is 53.3 Å². The molecular formula is C15H18N2O2. The monoisotopic (exact) mass is 258 g/mol. The summed E-state index contributed by atoms with van der Waals surface area (Å²) in [6.45, 7) is 4.54. The average Bonchev–Trinajstić information content (AvgIpc) is 2.43. The fraction of sp³-hybridized carbons (Fsp3) is 0.467. The third kappa shape index (κ3) is 2.70. The molecule has 0 radical (unpaired) electrons. The molecule has 4 nitrogen and oxygen atoms in total. The van der Waals surface area contributed by atoms with Crippen molar-refractivity contribution in [1.29, 1.82) is 5.26 Å². The molecule has 0 saturated heterocycles. The minimum Gasteiger partial charge on any atom is -0.493 e. The highest BCUT2D eigenvalue weighted by Gasteiger charge is 2.31. The van der Waals surface area contributed by atoms with Gasteiger partial charge in [0.15, 0.2) is 0 Å². The molecule has 0 aromatic heterocycles. The molecule has 0 aliphatic carbocycles. The fourth-order valence-corrected chi connectivity index (χ4v) is 2.39. The number of benzene rings is 1. The van der Waals surface area contributed by atoms with E-state index < -0.39 is 0 Å². The summed E-state index contributed by atoms with van der Waals surface area (Å²) in [5.41, 5.74) is 0.933. The summed E-state index contributed by atoms with van der Waals surface area (Å²) in [6.07, 6.45) is 0.671. The number of fused-ring (bicyclic) bond motifs is 1. The zero-order valence-corrected chi connectivity index (χ0v) is 11.3. The summed E-state index contributed by atoms with van der Waals surface area (Å²) >= 11 is 0. The molecule has 0 spiro atoms. The highest BCUT2D eigenvalue weighted by atomic mass is 16.5. The number of carbonyl (C=O) groups excluding carboxylic acids is 1. The predicted octanol–water partition coefficient (Wildman–Crippen LogP) is 2.31. The molecule has 1 heterocycles. The number of hydrogen-bond donors (Lipinski definition) is 0. The fourth-order valence-electron chi connectivity index (χ4n) is 2.39. The molecule has 0 bridgehead atoms. The smallest absolute Gasteiger partial charge is 0.231 e.